The normalized spacial score (nSPS) is 11.8. The van der Waals surface area contributed by atoms with Gasteiger partial charge in [-0.2, -0.15) is 0 Å². The number of hydrogen-bond donors (Lipinski definition) is 0. The number of hydrogen-bond acceptors (Lipinski definition) is 2. The fraction of sp³-hybridized carbons (Fsp3) is 0.0588. The van der Waals surface area contributed by atoms with Gasteiger partial charge >= 0.3 is 0 Å². The van der Waals surface area contributed by atoms with Crippen LogP contribution in [-0.2, 0) is 0 Å². The topological polar surface area (TPSA) is 25.8 Å². The van der Waals surface area contributed by atoms with Crippen LogP contribution < -0.4 is 0 Å². The Morgan fingerprint density at radius 2 is 1.95 bits per heavy atom. The second-order valence-corrected chi connectivity index (χ2v) is 4.50. The lowest BCUT2D eigenvalue weighted by Crippen LogP contribution is -1.95. The number of nitrogens with zero attached hydrogens (tertiary/aromatic N) is 2. The van der Waals surface area contributed by atoms with Gasteiger partial charge in [0.1, 0.15) is 5.15 Å². The molecule has 1 heterocycles. The van der Waals surface area contributed by atoms with Gasteiger partial charge in [0.25, 0.3) is 0 Å². The molecule has 1 aromatic carbocycles. The first kappa shape index (κ1) is 14.2. The number of halogens is 1. The van der Waals surface area contributed by atoms with Crippen LogP contribution in [0.3, 0.4) is 0 Å². The lowest BCUT2D eigenvalue weighted by Gasteiger charge is -2.05. The summed E-state index contributed by atoms with van der Waals surface area (Å²) in [5.74, 6) is 0.574. The van der Waals surface area contributed by atoms with E-state index in [2.05, 4.69) is 16.5 Å². The molecule has 0 atom stereocenters. The van der Waals surface area contributed by atoms with Gasteiger partial charge in [0.2, 0.25) is 0 Å². The minimum Gasteiger partial charge on any atom is -0.228 e. The van der Waals surface area contributed by atoms with E-state index >= 15 is 0 Å². The van der Waals surface area contributed by atoms with Crippen molar-refractivity contribution in [3.05, 3.63) is 78.3 Å². The van der Waals surface area contributed by atoms with E-state index in [1.807, 2.05) is 55.5 Å². The number of benzene rings is 1. The van der Waals surface area contributed by atoms with E-state index in [0.29, 0.717) is 11.0 Å². The molecule has 3 heteroatoms. The van der Waals surface area contributed by atoms with Crippen LogP contribution in [0.1, 0.15) is 12.7 Å². The second-order valence-electron chi connectivity index (χ2n) is 4.12. The SMILES string of the molecule is C=C/C(=C\C=C/C)c1nc(Cl)cc(-c2ccccc2)n1. The molecule has 0 aliphatic carbocycles. The summed E-state index contributed by atoms with van der Waals surface area (Å²) in [7, 11) is 0. The van der Waals surface area contributed by atoms with E-state index in [1.165, 1.54) is 0 Å². The van der Waals surface area contributed by atoms with Crippen LogP contribution >= 0.6 is 11.6 Å². The van der Waals surface area contributed by atoms with E-state index < -0.39 is 0 Å². The minimum absolute atomic E-state index is 0.419. The molecule has 0 unspecified atom stereocenters. The smallest absolute Gasteiger partial charge is 0.161 e. The summed E-state index contributed by atoms with van der Waals surface area (Å²) in [6.07, 6.45) is 7.49. The molecule has 0 bridgehead atoms. The van der Waals surface area contributed by atoms with Crippen molar-refractivity contribution in [2.24, 2.45) is 0 Å². The molecule has 0 spiro atoms. The van der Waals surface area contributed by atoms with Crippen molar-refractivity contribution in [3.8, 4) is 11.3 Å². The van der Waals surface area contributed by atoms with Crippen LogP contribution in [0.15, 0.2) is 67.3 Å². The van der Waals surface area contributed by atoms with Crippen LogP contribution in [-0.4, -0.2) is 9.97 Å². The highest BCUT2D eigenvalue weighted by molar-refractivity contribution is 6.29. The molecule has 0 saturated carbocycles. The maximum atomic E-state index is 6.10. The van der Waals surface area contributed by atoms with E-state index in [-0.39, 0.29) is 0 Å². The standard InChI is InChI=1S/C17H15ClN2/c1-3-5-9-13(4-2)17-19-15(12-16(18)20-17)14-10-7-6-8-11-14/h3-12H,2H2,1H3/b5-3-,13-9+. The van der Waals surface area contributed by atoms with Crippen molar-refractivity contribution >= 4 is 17.2 Å². The van der Waals surface area contributed by atoms with Gasteiger partial charge < -0.3 is 0 Å². The summed E-state index contributed by atoms with van der Waals surface area (Å²) in [5.41, 5.74) is 2.64. The molecule has 2 rings (SSSR count). The van der Waals surface area contributed by atoms with Crippen molar-refractivity contribution in [3.63, 3.8) is 0 Å². The van der Waals surface area contributed by atoms with Gasteiger partial charge in [-0.3, -0.25) is 0 Å². The predicted molar refractivity (Wildman–Crippen MR) is 85.5 cm³/mol. The zero-order valence-electron chi connectivity index (χ0n) is 11.3. The average Bonchev–Trinajstić information content (AvgIpc) is 2.48. The largest absolute Gasteiger partial charge is 0.228 e. The van der Waals surface area contributed by atoms with Gasteiger partial charge in [-0.15, -0.1) is 0 Å². The van der Waals surface area contributed by atoms with E-state index in [9.17, 15) is 0 Å². The first-order chi connectivity index (χ1) is 9.74. The molecular weight excluding hydrogens is 268 g/mol. The van der Waals surface area contributed by atoms with Gasteiger partial charge in [-0.1, -0.05) is 72.8 Å². The maximum absolute atomic E-state index is 6.10. The molecule has 1 aromatic heterocycles. The Hall–Kier alpha value is -2.19. The summed E-state index contributed by atoms with van der Waals surface area (Å²) in [6.45, 7) is 5.75. The first-order valence-corrected chi connectivity index (χ1v) is 6.68. The zero-order chi connectivity index (χ0) is 14.4. The van der Waals surface area contributed by atoms with Crippen LogP contribution in [0.5, 0.6) is 0 Å². The molecule has 0 saturated heterocycles. The molecular formula is C17H15ClN2. The minimum atomic E-state index is 0.419. The molecule has 20 heavy (non-hydrogen) atoms. The van der Waals surface area contributed by atoms with E-state index in [1.54, 1.807) is 12.1 Å². The molecule has 0 fully saturated rings. The Morgan fingerprint density at radius 1 is 1.20 bits per heavy atom. The van der Waals surface area contributed by atoms with Gasteiger partial charge in [0.15, 0.2) is 5.82 Å². The highest BCUT2D eigenvalue weighted by Crippen LogP contribution is 2.22. The third-order valence-electron chi connectivity index (χ3n) is 2.71. The van der Waals surface area contributed by atoms with Gasteiger partial charge in [-0.05, 0) is 6.92 Å². The fourth-order valence-corrected chi connectivity index (χ4v) is 1.92. The third kappa shape index (κ3) is 3.43. The Kier molecular flexibility index (Phi) is 4.85. The molecule has 2 nitrogen and oxygen atoms in total. The van der Waals surface area contributed by atoms with Crippen LogP contribution in [0.25, 0.3) is 16.8 Å². The van der Waals surface area contributed by atoms with E-state index in [4.69, 9.17) is 11.6 Å². The highest BCUT2D eigenvalue weighted by atomic mass is 35.5. The molecule has 0 amide bonds. The number of rotatable bonds is 4. The molecule has 0 aliphatic rings. The lowest BCUT2D eigenvalue weighted by atomic mass is 10.1. The van der Waals surface area contributed by atoms with Crippen LogP contribution in [0.2, 0.25) is 5.15 Å². The molecule has 100 valence electrons. The Bertz CT molecular complexity index is 658. The van der Waals surface area contributed by atoms with Crippen LogP contribution in [0, 0.1) is 0 Å². The highest BCUT2D eigenvalue weighted by Gasteiger charge is 2.07. The summed E-state index contributed by atoms with van der Waals surface area (Å²) < 4.78 is 0. The van der Waals surface area contributed by atoms with Gasteiger partial charge in [0, 0.05) is 17.2 Å². The molecule has 0 aliphatic heterocycles. The van der Waals surface area contributed by atoms with Crippen molar-refractivity contribution in [1.82, 2.24) is 9.97 Å². The van der Waals surface area contributed by atoms with Gasteiger partial charge in [0.05, 0.1) is 5.69 Å². The van der Waals surface area contributed by atoms with Crippen molar-refractivity contribution < 1.29 is 0 Å². The van der Waals surface area contributed by atoms with Gasteiger partial charge in [-0.25, -0.2) is 9.97 Å². The lowest BCUT2D eigenvalue weighted by molar-refractivity contribution is 1.13. The monoisotopic (exact) mass is 282 g/mol. The van der Waals surface area contributed by atoms with Crippen molar-refractivity contribution in [1.29, 1.82) is 0 Å². The average molecular weight is 283 g/mol. The zero-order valence-corrected chi connectivity index (χ0v) is 12.0. The predicted octanol–water partition coefficient (Wildman–Crippen LogP) is 4.94. The third-order valence-corrected chi connectivity index (χ3v) is 2.90. The maximum Gasteiger partial charge on any atom is 0.161 e. The molecule has 0 radical (unpaired) electrons. The summed E-state index contributed by atoms with van der Waals surface area (Å²) in [6, 6.07) is 11.6. The fourth-order valence-electron chi connectivity index (χ4n) is 1.74. The van der Waals surface area contributed by atoms with Crippen molar-refractivity contribution in [2.45, 2.75) is 6.92 Å². The first-order valence-electron chi connectivity index (χ1n) is 6.30. The quantitative estimate of drug-likeness (QED) is 0.586. The summed E-state index contributed by atoms with van der Waals surface area (Å²) in [4.78, 5) is 8.82. The summed E-state index contributed by atoms with van der Waals surface area (Å²) in [5, 5.41) is 0.419. The molecule has 0 N–H and O–H groups in total. The van der Waals surface area contributed by atoms with Crippen molar-refractivity contribution in [2.75, 3.05) is 0 Å². The number of allylic oxidation sites excluding steroid dienone is 5. The Morgan fingerprint density at radius 3 is 2.60 bits per heavy atom. The Balaban J connectivity index is 2.51. The Labute approximate surface area is 124 Å². The van der Waals surface area contributed by atoms with E-state index in [0.717, 1.165) is 16.8 Å². The molecule has 2 aromatic rings. The summed E-state index contributed by atoms with van der Waals surface area (Å²) >= 11 is 6.10. The van der Waals surface area contributed by atoms with Crippen LogP contribution in [0.4, 0.5) is 0 Å². The second kappa shape index (κ2) is 6.83. The number of aromatic nitrogens is 2.